The zero-order valence-electron chi connectivity index (χ0n) is 17.3. The Kier molecular flexibility index (Phi) is 6.92. The second-order valence-electron chi connectivity index (χ2n) is 6.94. The van der Waals surface area contributed by atoms with Crippen molar-refractivity contribution in [3.8, 4) is 0 Å². The van der Waals surface area contributed by atoms with Crippen molar-refractivity contribution < 1.29 is 29.6 Å². The number of hydrogen-bond acceptors (Lipinski definition) is 6. The largest absolute Gasteiger partial charge is 0.478 e. The Morgan fingerprint density at radius 3 is 1.29 bits per heavy atom. The van der Waals surface area contributed by atoms with E-state index in [-0.39, 0.29) is 33.4 Å². The van der Waals surface area contributed by atoms with Crippen LogP contribution in [0.1, 0.15) is 22.3 Å². The van der Waals surface area contributed by atoms with E-state index in [0.717, 1.165) is 18.2 Å². The number of rotatable bonds is 8. The van der Waals surface area contributed by atoms with Crippen molar-refractivity contribution in [3.05, 3.63) is 115 Å². The molecule has 0 aromatic heterocycles. The summed E-state index contributed by atoms with van der Waals surface area (Å²) in [5, 5.41) is 42.6. The summed E-state index contributed by atoms with van der Waals surface area (Å²) in [5.74, 6) is -2.74. The summed E-state index contributed by atoms with van der Waals surface area (Å²) >= 11 is 0. The van der Waals surface area contributed by atoms with E-state index in [1.54, 1.807) is 36.4 Å². The highest BCUT2D eigenvalue weighted by Gasteiger charge is 2.25. The van der Waals surface area contributed by atoms with Crippen LogP contribution in [0.4, 0.5) is 11.4 Å². The molecule has 0 atom stereocenters. The lowest BCUT2D eigenvalue weighted by atomic mass is 9.97. The number of nitro benzene ring substituents is 2. The van der Waals surface area contributed by atoms with Gasteiger partial charge in [-0.1, -0.05) is 60.7 Å². The molecule has 2 N–H and O–H groups in total. The van der Waals surface area contributed by atoms with Crippen molar-refractivity contribution in [2.45, 2.75) is 0 Å². The topological polar surface area (TPSA) is 161 Å². The van der Waals surface area contributed by atoms with Crippen LogP contribution in [0.2, 0.25) is 0 Å². The molecule has 10 heteroatoms. The van der Waals surface area contributed by atoms with Crippen molar-refractivity contribution in [2.75, 3.05) is 0 Å². The SMILES string of the molecule is O=C(O)/C(=C/c1cc(/C=C(/C(=O)O)c2ccccc2)c([N+](=O)[O-])cc1[N+](=O)[O-])c1ccccc1. The second-order valence-corrected chi connectivity index (χ2v) is 6.94. The molecule has 0 aliphatic carbocycles. The van der Waals surface area contributed by atoms with Crippen molar-refractivity contribution in [1.82, 2.24) is 0 Å². The van der Waals surface area contributed by atoms with Crippen molar-refractivity contribution in [1.29, 1.82) is 0 Å². The molecule has 0 aliphatic heterocycles. The van der Waals surface area contributed by atoms with Crippen LogP contribution >= 0.6 is 0 Å². The maximum Gasteiger partial charge on any atom is 0.336 e. The highest BCUT2D eigenvalue weighted by atomic mass is 16.6. The van der Waals surface area contributed by atoms with Gasteiger partial charge in [0.05, 0.1) is 38.2 Å². The molecule has 0 amide bonds. The molecular formula is C24H16N2O8. The molecule has 0 saturated heterocycles. The molecule has 10 nitrogen and oxygen atoms in total. The minimum atomic E-state index is -1.37. The molecule has 0 bridgehead atoms. The van der Waals surface area contributed by atoms with Crippen LogP contribution in [-0.4, -0.2) is 32.0 Å². The molecule has 0 radical (unpaired) electrons. The number of carbonyl (C=O) groups is 2. The maximum absolute atomic E-state index is 11.9. The normalized spacial score (nSPS) is 11.6. The zero-order valence-corrected chi connectivity index (χ0v) is 17.3. The first-order chi connectivity index (χ1) is 16.2. The Morgan fingerprint density at radius 2 is 1.00 bits per heavy atom. The van der Waals surface area contributed by atoms with Gasteiger partial charge in [-0.25, -0.2) is 9.59 Å². The van der Waals surface area contributed by atoms with E-state index in [1.807, 2.05) is 0 Å². The van der Waals surface area contributed by atoms with Crippen LogP contribution in [0, 0.1) is 20.2 Å². The number of hydrogen-bond donors (Lipinski definition) is 2. The molecule has 170 valence electrons. The van der Waals surface area contributed by atoms with Gasteiger partial charge in [-0.15, -0.1) is 0 Å². The first-order valence-corrected chi connectivity index (χ1v) is 9.66. The molecule has 3 aromatic rings. The molecule has 0 heterocycles. The fraction of sp³-hybridized carbons (Fsp3) is 0. The molecule has 0 fully saturated rings. The summed E-state index contributed by atoms with van der Waals surface area (Å²) in [5.41, 5.74) is -1.92. The average Bonchev–Trinajstić information content (AvgIpc) is 2.81. The van der Waals surface area contributed by atoms with Crippen LogP contribution in [0.25, 0.3) is 23.3 Å². The number of nitrogens with zero attached hydrogens (tertiary/aromatic N) is 2. The maximum atomic E-state index is 11.9. The lowest BCUT2D eigenvalue weighted by molar-refractivity contribution is -0.394. The van der Waals surface area contributed by atoms with Gasteiger partial charge in [0.2, 0.25) is 0 Å². The fourth-order valence-corrected chi connectivity index (χ4v) is 3.24. The van der Waals surface area contributed by atoms with E-state index in [4.69, 9.17) is 0 Å². The summed E-state index contributed by atoms with van der Waals surface area (Å²) in [6, 6.07) is 17.4. The third-order valence-corrected chi connectivity index (χ3v) is 4.80. The van der Waals surface area contributed by atoms with E-state index in [2.05, 4.69) is 0 Å². The molecule has 34 heavy (non-hydrogen) atoms. The third-order valence-electron chi connectivity index (χ3n) is 4.80. The highest BCUT2D eigenvalue weighted by molar-refractivity contribution is 6.22. The molecule has 3 aromatic carbocycles. The van der Waals surface area contributed by atoms with Crippen LogP contribution < -0.4 is 0 Å². The molecule has 3 rings (SSSR count). The smallest absolute Gasteiger partial charge is 0.336 e. The van der Waals surface area contributed by atoms with Gasteiger partial charge in [-0.2, -0.15) is 0 Å². The Bertz CT molecular complexity index is 1250. The Hall–Kier alpha value is -5.12. The Balaban J connectivity index is 2.33. The van der Waals surface area contributed by atoms with Gasteiger partial charge in [-0.3, -0.25) is 20.2 Å². The zero-order chi connectivity index (χ0) is 24.8. The second kappa shape index (κ2) is 10.0. The van der Waals surface area contributed by atoms with Crippen LogP contribution in [0.15, 0.2) is 72.8 Å². The van der Waals surface area contributed by atoms with Crippen LogP contribution in [-0.2, 0) is 9.59 Å². The number of carboxylic acid groups (broad SMARTS) is 2. The summed E-state index contributed by atoms with van der Waals surface area (Å²) in [6.45, 7) is 0. The van der Waals surface area contributed by atoms with Crippen molar-refractivity contribution in [3.63, 3.8) is 0 Å². The van der Waals surface area contributed by atoms with Gasteiger partial charge in [0.1, 0.15) is 0 Å². The molecule has 0 saturated carbocycles. The number of carboxylic acids is 2. The van der Waals surface area contributed by atoms with Gasteiger partial charge in [0.25, 0.3) is 11.4 Å². The minimum absolute atomic E-state index is 0.235. The lowest BCUT2D eigenvalue weighted by Crippen LogP contribution is -2.03. The van der Waals surface area contributed by atoms with Gasteiger partial charge >= 0.3 is 11.9 Å². The number of benzene rings is 3. The molecule has 0 spiro atoms. The van der Waals surface area contributed by atoms with Gasteiger partial charge in [-0.05, 0) is 29.3 Å². The fourth-order valence-electron chi connectivity index (χ4n) is 3.24. The summed E-state index contributed by atoms with van der Waals surface area (Å²) in [4.78, 5) is 45.3. The summed E-state index contributed by atoms with van der Waals surface area (Å²) in [6.07, 6.45) is 2.06. The van der Waals surface area contributed by atoms with E-state index in [1.165, 1.54) is 24.3 Å². The standard InChI is InChI=1S/C24H16N2O8/c27-23(28)19(15-7-3-1-4-8-15)12-17-11-18(22(26(33)34)14-21(17)25(31)32)13-20(24(29)30)16-9-5-2-6-10-16/h1-14H,(H,27,28)(H,29,30)/b19-12+,20-13+. The molecule has 0 aliphatic rings. The third kappa shape index (κ3) is 5.19. The average molecular weight is 460 g/mol. The van der Waals surface area contributed by atoms with E-state index >= 15 is 0 Å². The first kappa shape index (κ1) is 23.5. The van der Waals surface area contributed by atoms with Crippen LogP contribution in [0.5, 0.6) is 0 Å². The summed E-state index contributed by atoms with van der Waals surface area (Å²) < 4.78 is 0. The van der Waals surface area contributed by atoms with E-state index in [0.29, 0.717) is 6.07 Å². The molecular weight excluding hydrogens is 444 g/mol. The highest BCUT2D eigenvalue weighted by Crippen LogP contribution is 2.34. The van der Waals surface area contributed by atoms with E-state index < -0.39 is 33.2 Å². The van der Waals surface area contributed by atoms with Crippen molar-refractivity contribution >= 4 is 46.6 Å². The summed E-state index contributed by atoms with van der Waals surface area (Å²) in [7, 11) is 0. The molecule has 0 unspecified atom stereocenters. The van der Waals surface area contributed by atoms with Gasteiger partial charge in [0, 0.05) is 0 Å². The van der Waals surface area contributed by atoms with Crippen molar-refractivity contribution in [2.24, 2.45) is 0 Å². The lowest BCUT2D eigenvalue weighted by Gasteiger charge is -2.07. The van der Waals surface area contributed by atoms with E-state index in [9.17, 15) is 40.0 Å². The Labute approximate surface area is 192 Å². The number of aliphatic carboxylic acids is 2. The van der Waals surface area contributed by atoms with Gasteiger partial charge in [0.15, 0.2) is 0 Å². The quantitative estimate of drug-likeness (QED) is 0.211. The predicted octanol–water partition coefficient (Wildman–Crippen LogP) is 4.75. The number of nitro groups is 2. The Morgan fingerprint density at radius 1 is 0.647 bits per heavy atom. The van der Waals surface area contributed by atoms with Crippen LogP contribution in [0.3, 0.4) is 0 Å². The first-order valence-electron chi connectivity index (χ1n) is 9.66. The predicted molar refractivity (Wildman–Crippen MR) is 124 cm³/mol. The minimum Gasteiger partial charge on any atom is -0.478 e. The van der Waals surface area contributed by atoms with Gasteiger partial charge < -0.3 is 10.2 Å². The monoisotopic (exact) mass is 460 g/mol.